The number of anilines is 1. The van der Waals surface area contributed by atoms with Crippen LogP contribution in [0.25, 0.3) is 0 Å². The quantitative estimate of drug-likeness (QED) is 0.743. The third kappa shape index (κ3) is 4.18. The van der Waals surface area contributed by atoms with Crippen LogP contribution >= 0.6 is 0 Å². The number of benzene rings is 1. The van der Waals surface area contributed by atoms with Gasteiger partial charge in [-0.2, -0.15) is 0 Å². The van der Waals surface area contributed by atoms with Gasteiger partial charge in [-0.25, -0.2) is 0 Å². The molecule has 4 fully saturated rings. The number of hydrogen-bond donors (Lipinski definition) is 2. The lowest BCUT2D eigenvalue weighted by Crippen LogP contribution is -2.53. The van der Waals surface area contributed by atoms with Crippen molar-refractivity contribution in [1.29, 1.82) is 0 Å². The monoisotopic (exact) mass is 384 g/mol. The fourth-order valence-corrected chi connectivity index (χ4v) is 5.98. The molecule has 0 atom stereocenters. The maximum atomic E-state index is 12.9. The van der Waals surface area contributed by atoms with E-state index < -0.39 is 0 Å². The second kappa shape index (κ2) is 7.76. The molecule has 5 heteroatoms. The number of amides is 2. The molecule has 28 heavy (non-hydrogen) atoms. The Kier molecular flexibility index (Phi) is 5.35. The smallest absolute Gasteiger partial charge is 0.226 e. The van der Waals surface area contributed by atoms with Crippen LogP contribution in [0, 0.1) is 23.2 Å². The molecule has 0 heterocycles. The largest absolute Gasteiger partial charge is 0.491 e. The molecular formula is C23H32N2O3. The molecule has 4 aliphatic rings. The van der Waals surface area contributed by atoms with E-state index in [9.17, 15) is 9.59 Å². The Bertz CT molecular complexity index is 691. The average Bonchev–Trinajstić information content (AvgIpc) is 2.61. The molecular weight excluding hydrogens is 352 g/mol. The predicted octanol–water partition coefficient (Wildman–Crippen LogP) is 4.14. The Morgan fingerprint density at radius 1 is 1.04 bits per heavy atom. The zero-order valence-corrected chi connectivity index (χ0v) is 17.0. The van der Waals surface area contributed by atoms with Gasteiger partial charge in [-0.3, -0.25) is 9.59 Å². The Morgan fingerprint density at radius 3 is 2.14 bits per heavy atom. The summed E-state index contributed by atoms with van der Waals surface area (Å²) in [5, 5.41) is 5.95. The zero-order chi connectivity index (χ0) is 19.7. The van der Waals surface area contributed by atoms with Gasteiger partial charge in [0.25, 0.3) is 0 Å². The minimum atomic E-state index is -0.141. The van der Waals surface area contributed by atoms with Gasteiger partial charge in [0.05, 0.1) is 6.10 Å². The van der Waals surface area contributed by atoms with Crippen molar-refractivity contribution in [3.8, 4) is 5.75 Å². The summed E-state index contributed by atoms with van der Waals surface area (Å²) in [6, 6.07) is 7.38. The maximum absolute atomic E-state index is 12.9. The first-order valence-electron chi connectivity index (χ1n) is 10.8. The average molecular weight is 385 g/mol. The van der Waals surface area contributed by atoms with Gasteiger partial charge in [-0.15, -0.1) is 0 Å². The van der Waals surface area contributed by atoms with Crippen LogP contribution in [0.5, 0.6) is 5.75 Å². The first-order chi connectivity index (χ1) is 13.4. The summed E-state index contributed by atoms with van der Waals surface area (Å²) in [5.74, 6) is 3.16. The standard InChI is InChI=1S/C23H32N2O3/c1-15(2)28-20-5-3-19(4-6-20)25-21(26)7-8-24-22(27)23-12-16-9-17(13-23)11-18(10-16)14-23/h3-6,15-18H,7-14H2,1-2H3,(H,24,27)(H,25,26). The van der Waals surface area contributed by atoms with Crippen LogP contribution in [-0.2, 0) is 9.59 Å². The van der Waals surface area contributed by atoms with Crippen molar-refractivity contribution in [2.45, 2.75) is 64.9 Å². The van der Waals surface area contributed by atoms with Crippen LogP contribution in [0.15, 0.2) is 24.3 Å². The molecule has 0 unspecified atom stereocenters. The third-order valence-corrected chi connectivity index (χ3v) is 6.67. The normalized spacial score (nSPS) is 30.3. The predicted molar refractivity (Wildman–Crippen MR) is 109 cm³/mol. The van der Waals surface area contributed by atoms with Crippen LogP contribution in [0.1, 0.15) is 58.8 Å². The topological polar surface area (TPSA) is 67.4 Å². The minimum Gasteiger partial charge on any atom is -0.491 e. The molecule has 1 aromatic carbocycles. The van der Waals surface area contributed by atoms with E-state index in [4.69, 9.17) is 4.74 Å². The van der Waals surface area contributed by atoms with Crippen molar-refractivity contribution in [3.05, 3.63) is 24.3 Å². The minimum absolute atomic E-state index is 0.0802. The summed E-state index contributed by atoms with van der Waals surface area (Å²) in [7, 11) is 0. The van der Waals surface area contributed by atoms with E-state index in [1.54, 1.807) is 0 Å². The van der Waals surface area contributed by atoms with Crippen LogP contribution < -0.4 is 15.4 Å². The van der Waals surface area contributed by atoms with Gasteiger partial charge in [0, 0.05) is 24.1 Å². The number of ether oxygens (including phenoxy) is 1. The highest BCUT2D eigenvalue weighted by atomic mass is 16.5. The maximum Gasteiger partial charge on any atom is 0.226 e. The van der Waals surface area contributed by atoms with E-state index in [2.05, 4.69) is 10.6 Å². The SMILES string of the molecule is CC(C)Oc1ccc(NC(=O)CCNC(=O)C23CC4CC(CC(C4)C2)C3)cc1. The molecule has 4 saturated carbocycles. The molecule has 0 aliphatic heterocycles. The molecule has 5 nitrogen and oxygen atoms in total. The molecule has 1 aromatic rings. The lowest BCUT2D eigenvalue weighted by molar-refractivity contribution is -0.146. The molecule has 0 spiro atoms. The van der Waals surface area contributed by atoms with E-state index in [0.717, 1.165) is 48.5 Å². The van der Waals surface area contributed by atoms with E-state index >= 15 is 0 Å². The molecule has 2 amide bonds. The number of hydrogen-bond acceptors (Lipinski definition) is 3. The molecule has 0 radical (unpaired) electrons. The van der Waals surface area contributed by atoms with Crippen molar-refractivity contribution in [1.82, 2.24) is 5.32 Å². The lowest BCUT2D eigenvalue weighted by Gasteiger charge is -2.55. The fraction of sp³-hybridized carbons (Fsp3) is 0.652. The lowest BCUT2D eigenvalue weighted by atomic mass is 9.49. The molecule has 152 valence electrons. The van der Waals surface area contributed by atoms with Crippen molar-refractivity contribution in [2.75, 3.05) is 11.9 Å². The summed E-state index contributed by atoms with van der Waals surface area (Å²) in [5.41, 5.74) is 0.603. The van der Waals surface area contributed by atoms with Crippen LogP contribution in [-0.4, -0.2) is 24.5 Å². The Balaban J connectivity index is 1.23. The highest BCUT2D eigenvalue weighted by molar-refractivity contribution is 5.91. The second-order valence-corrected chi connectivity index (χ2v) is 9.44. The van der Waals surface area contributed by atoms with Gasteiger partial charge in [0.15, 0.2) is 0 Å². The van der Waals surface area contributed by atoms with Crippen molar-refractivity contribution >= 4 is 17.5 Å². The summed E-state index contributed by atoms with van der Waals surface area (Å²) in [6.07, 6.45) is 7.58. The van der Waals surface area contributed by atoms with E-state index in [1.807, 2.05) is 38.1 Å². The van der Waals surface area contributed by atoms with Gasteiger partial charge >= 0.3 is 0 Å². The van der Waals surface area contributed by atoms with Gasteiger partial charge < -0.3 is 15.4 Å². The van der Waals surface area contributed by atoms with E-state index in [-0.39, 0.29) is 23.3 Å². The van der Waals surface area contributed by atoms with Gasteiger partial charge in [-0.05, 0) is 94.4 Å². The van der Waals surface area contributed by atoms with Crippen LogP contribution in [0.3, 0.4) is 0 Å². The number of carbonyl (C=O) groups excluding carboxylic acids is 2. The second-order valence-electron chi connectivity index (χ2n) is 9.44. The fourth-order valence-electron chi connectivity index (χ4n) is 5.98. The summed E-state index contributed by atoms with van der Waals surface area (Å²) in [4.78, 5) is 25.1. The molecule has 0 aromatic heterocycles. The van der Waals surface area contributed by atoms with Gasteiger partial charge in [0.1, 0.15) is 5.75 Å². The van der Waals surface area contributed by atoms with Crippen molar-refractivity contribution in [2.24, 2.45) is 23.2 Å². The van der Waals surface area contributed by atoms with E-state index in [1.165, 1.54) is 19.3 Å². The summed E-state index contributed by atoms with van der Waals surface area (Å²) < 4.78 is 5.61. The first-order valence-corrected chi connectivity index (χ1v) is 10.8. The Labute approximate surface area is 167 Å². The zero-order valence-electron chi connectivity index (χ0n) is 17.0. The molecule has 0 saturated heterocycles. The summed E-state index contributed by atoms with van der Waals surface area (Å²) in [6.45, 7) is 4.36. The Hall–Kier alpha value is -2.04. The van der Waals surface area contributed by atoms with Gasteiger partial charge in [-0.1, -0.05) is 0 Å². The molecule has 5 rings (SSSR count). The number of rotatable bonds is 7. The highest BCUT2D eigenvalue weighted by Gasteiger charge is 2.54. The number of carbonyl (C=O) groups is 2. The molecule has 4 bridgehead atoms. The number of nitrogens with one attached hydrogen (secondary N) is 2. The Morgan fingerprint density at radius 2 is 1.61 bits per heavy atom. The highest BCUT2D eigenvalue weighted by Crippen LogP contribution is 2.60. The van der Waals surface area contributed by atoms with Crippen molar-refractivity contribution in [3.63, 3.8) is 0 Å². The third-order valence-electron chi connectivity index (χ3n) is 6.67. The summed E-state index contributed by atoms with van der Waals surface area (Å²) >= 11 is 0. The van der Waals surface area contributed by atoms with E-state index in [0.29, 0.717) is 13.0 Å². The molecule has 4 aliphatic carbocycles. The molecule has 2 N–H and O–H groups in total. The first kappa shape index (κ1) is 19.3. The van der Waals surface area contributed by atoms with Crippen molar-refractivity contribution < 1.29 is 14.3 Å². The van der Waals surface area contributed by atoms with Crippen LogP contribution in [0.4, 0.5) is 5.69 Å². The van der Waals surface area contributed by atoms with Gasteiger partial charge in [0.2, 0.25) is 11.8 Å². The van der Waals surface area contributed by atoms with Crippen LogP contribution in [0.2, 0.25) is 0 Å².